The first-order valence-corrected chi connectivity index (χ1v) is 6.85. The summed E-state index contributed by atoms with van der Waals surface area (Å²) < 4.78 is 18.9. The van der Waals surface area contributed by atoms with E-state index in [9.17, 15) is 14.3 Å². The van der Waals surface area contributed by atoms with Gasteiger partial charge in [0.2, 0.25) is 0 Å². The highest BCUT2D eigenvalue weighted by molar-refractivity contribution is 9.10. The molecule has 0 spiro atoms. The summed E-state index contributed by atoms with van der Waals surface area (Å²) in [5, 5.41) is 12.3. The Labute approximate surface area is 129 Å². The second kappa shape index (κ2) is 6.13. The average Bonchev–Trinajstić information content (AvgIpc) is 2.45. The zero-order valence-corrected chi connectivity index (χ0v) is 13.0. The van der Waals surface area contributed by atoms with Crippen molar-refractivity contribution in [2.75, 3.05) is 12.4 Å². The summed E-state index contributed by atoms with van der Waals surface area (Å²) >= 11 is 3.08. The molecule has 6 heteroatoms. The summed E-state index contributed by atoms with van der Waals surface area (Å²) in [6.45, 7) is 1.74. The predicted molar refractivity (Wildman–Crippen MR) is 81.4 cm³/mol. The molecule has 21 heavy (non-hydrogen) atoms. The molecule has 2 aromatic carbocycles. The largest absolute Gasteiger partial charge is 0.507 e. The molecule has 0 fully saturated rings. The molecule has 2 rings (SSSR count). The van der Waals surface area contributed by atoms with Crippen LogP contribution in [-0.2, 0) is 0 Å². The van der Waals surface area contributed by atoms with Crippen molar-refractivity contribution in [3.63, 3.8) is 0 Å². The second-order valence-electron chi connectivity index (χ2n) is 4.42. The highest BCUT2D eigenvalue weighted by Gasteiger charge is 2.15. The lowest BCUT2D eigenvalue weighted by Crippen LogP contribution is -2.13. The molecule has 0 bridgehead atoms. The molecule has 0 aliphatic carbocycles. The van der Waals surface area contributed by atoms with Crippen molar-refractivity contribution in [2.24, 2.45) is 0 Å². The van der Waals surface area contributed by atoms with Gasteiger partial charge in [-0.25, -0.2) is 4.39 Å². The van der Waals surface area contributed by atoms with E-state index in [1.807, 2.05) is 0 Å². The molecule has 0 unspecified atom stereocenters. The van der Waals surface area contributed by atoms with Gasteiger partial charge >= 0.3 is 0 Å². The van der Waals surface area contributed by atoms with Crippen LogP contribution in [0.15, 0.2) is 34.8 Å². The van der Waals surface area contributed by atoms with Crippen LogP contribution in [0.5, 0.6) is 11.5 Å². The first-order chi connectivity index (χ1) is 9.92. The number of phenols is 1. The van der Waals surface area contributed by atoms with E-state index in [1.165, 1.54) is 31.4 Å². The Morgan fingerprint density at radius 1 is 1.33 bits per heavy atom. The second-order valence-corrected chi connectivity index (χ2v) is 5.27. The number of carbonyl (C=O) groups excluding carboxylic acids is 1. The van der Waals surface area contributed by atoms with Crippen molar-refractivity contribution >= 4 is 27.5 Å². The minimum Gasteiger partial charge on any atom is -0.507 e. The first-order valence-electron chi connectivity index (χ1n) is 6.06. The molecule has 0 aromatic heterocycles. The van der Waals surface area contributed by atoms with Gasteiger partial charge in [0.15, 0.2) is 0 Å². The van der Waals surface area contributed by atoms with Gasteiger partial charge in [-0.05, 0) is 58.7 Å². The summed E-state index contributed by atoms with van der Waals surface area (Å²) in [5.74, 6) is -0.762. The third-order valence-corrected chi connectivity index (χ3v) is 3.57. The quantitative estimate of drug-likeness (QED) is 0.880. The minimum absolute atomic E-state index is 0.0528. The number of nitrogens with one attached hydrogen (secondary N) is 1. The summed E-state index contributed by atoms with van der Waals surface area (Å²) in [7, 11) is 1.46. The van der Waals surface area contributed by atoms with E-state index in [2.05, 4.69) is 21.2 Å². The van der Waals surface area contributed by atoms with Crippen molar-refractivity contribution < 1.29 is 19.0 Å². The zero-order valence-electron chi connectivity index (χ0n) is 11.4. The summed E-state index contributed by atoms with van der Waals surface area (Å²) in [5.41, 5.74) is 1.08. The van der Waals surface area contributed by atoms with E-state index in [4.69, 9.17) is 4.74 Å². The molecule has 0 aliphatic heterocycles. The molecular formula is C15H13BrFNO3. The molecule has 4 nitrogen and oxygen atoms in total. The smallest absolute Gasteiger partial charge is 0.259 e. The fraction of sp³-hybridized carbons (Fsp3) is 0.133. The van der Waals surface area contributed by atoms with Crippen LogP contribution in [-0.4, -0.2) is 18.1 Å². The van der Waals surface area contributed by atoms with Gasteiger partial charge < -0.3 is 15.2 Å². The van der Waals surface area contributed by atoms with Crippen LogP contribution in [0.1, 0.15) is 15.9 Å². The Kier molecular flexibility index (Phi) is 4.47. The predicted octanol–water partition coefficient (Wildman–Crippen LogP) is 3.86. The number of ether oxygens (including phenoxy) is 1. The molecule has 0 saturated carbocycles. The lowest BCUT2D eigenvalue weighted by molar-refractivity contribution is 0.102. The van der Waals surface area contributed by atoms with Crippen LogP contribution < -0.4 is 10.1 Å². The zero-order chi connectivity index (χ0) is 15.6. The monoisotopic (exact) mass is 353 g/mol. The van der Waals surface area contributed by atoms with Crippen LogP contribution in [0.4, 0.5) is 10.1 Å². The van der Waals surface area contributed by atoms with E-state index >= 15 is 0 Å². The van der Waals surface area contributed by atoms with Gasteiger partial charge in [0.05, 0.1) is 17.1 Å². The number of anilines is 1. The molecule has 1 amide bonds. The molecule has 0 atom stereocenters. The average molecular weight is 354 g/mol. The van der Waals surface area contributed by atoms with Crippen LogP contribution >= 0.6 is 15.9 Å². The number of benzene rings is 2. The molecule has 110 valence electrons. The van der Waals surface area contributed by atoms with Gasteiger partial charge in [0.25, 0.3) is 5.91 Å². The van der Waals surface area contributed by atoms with Gasteiger partial charge in [-0.2, -0.15) is 0 Å². The van der Waals surface area contributed by atoms with Crippen molar-refractivity contribution in [1.29, 1.82) is 0 Å². The number of rotatable bonds is 3. The third kappa shape index (κ3) is 3.33. The number of methoxy groups -OCH3 is 1. The topological polar surface area (TPSA) is 58.6 Å². The van der Waals surface area contributed by atoms with Gasteiger partial charge in [-0.1, -0.05) is 0 Å². The molecule has 2 N–H and O–H groups in total. The number of carbonyl (C=O) groups is 1. The van der Waals surface area contributed by atoms with Gasteiger partial charge in [0.1, 0.15) is 17.3 Å². The van der Waals surface area contributed by atoms with Crippen molar-refractivity contribution in [3.8, 4) is 11.5 Å². The number of hydrogen-bond donors (Lipinski definition) is 2. The lowest BCUT2D eigenvalue weighted by Gasteiger charge is -2.11. The van der Waals surface area contributed by atoms with Gasteiger partial charge in [-0.3, -0.25) is 4.79 Å². The maximum Gasteiger partial charge on any atom is 0.259 e. The highest BCUT2D eigenvalue weighted by Crippen LogP contribution is 2.27. The molecular weight excluding hydrogens is 341 g/mol. The fourth-order valence-electron chi connectivity index (χ4n) is 1.79. The van der Waals surface area contributed by atoms with Crippen LogP contribution in [0.3, 0.4) is 0 Å². The SMILES string of the molecule is COc1ccc(O)c(C(=O)Nc2cc(F)c(Br)cc2C)c1. The summed E-state index contributed by atoms with van der Waals surface area (Å²) in [6, 6.07) is 7.10. The minimum atomic E-state index is -0.545. The Hall–Kier alpha value is -2.08. The molecule has 0 saturated heterocycles. The molecule has 0 heterocycles. The van der Waals surface area contributed by atoms with Crippen LogP contribution in [0.25, 0.3) is 0 Å². The van der Waals surface area contributed by atoms with E-state index in [0.29, 0.717) is 21.5 Å². The first kappa shape index (κ1) is 15.3. The van der Waals surface area contributed by atoms with E-state index in [0.717, 1.165) is 0 Å². The summed E-state index contributed by atoms with van der Waals surface area (Å²) in [6.07, 6.45) is 0. The fourth-order valence-corrected chi connectivity index (χ4v) is 2.25. The maximum atomic E-state index is 13.5. The van der Waals surface area contributed by atoms with Gasteiger partial charge in [-0.15, -0.1) is 0 Å². The Balaban J connectivity index is 2.32. The van der Waals surface area contributed by atoms with Gasteiger partial charge in [0, 0.05) is 5.69 Å². The van der Waals surface area contributed by atoms with Crippen molar-refractivity contribution in [3.05, 3.63) is 51.7 Å². The standard InChI is InChI=1S/C15H13BrFNO3/c1-8-5-11(16)12(17)7-13(8)18-15(20)10-6-9(21-2)3-4-14(10)19/h3-7,19H,1-2H3,(H,18,20). The number of hydrogen-bond acceptors (Lipinski definition) is 3. The Bertz CT molecular complexity index is 704. The van der Waals surface area contributed by atoms with Crippen LogP contribution in [0.2, 0.25) is 0 Å². The number of aryl methyl sites for hydroxylation is 1. The highest BCUT2D eigenvalue weighted by atomic mass is 79.9. The summed E-state index contributed by atoms with van der Waals surface area (Å²) in [4.78, 5) is 12.2. The number of halogens is 2. The third-order valence-electron chi connectivity index (χ3n) is 2.96. The van der Waals surface area contributed by atoms with Crippen LogP contribution in [0, 0.1) is 12.7 Å². The molecule has 2 aromatic rings. The number of phenolic OH excluding ortho intramolecular Hbond substituents is 1. The van der Waals surface area contributed by atoms with Crippen molar-refractivity contribution in [1.82, 2.24) is 0 Å². The molecule has 0 aliphatic rings. The van der Waals surface area contributed by atoms with E-state index in [1.54, 1.807) is 13.0 Å². The van der Waals surface area contributed by atoms with Crippen molar-refractivity contribution in [2.45, 2.75) is 6.92 Å². The Morgan fingerprint density at radius 2 is 2.05 bits per heavy atom. The number of aromatic hydroxyl groups is 1. The normalized spacial score (nSPS) is 10.3. The molecule has 0 radical (unpaired) electrons. The Morgan fingerprint density at radius 3 is 2.71 bits per heavy atom. The lowest BCUT2D eigenvalue weighted by atomic mass is 10.1. The van der Waals surface area contributed by atoms with E-state index in [-0.39, 0.29) is 11.3 Å². The maximum absolute atomic E-state index is 13.5. The van der Waals surface area contributed by atoms with E-state index < -0.39 is 11.7 Å². The number of amides is 1.